The topological polar surface area (TPSA) is 21.3 Å². The minimum absolute atomic E-state index is 0.470. The van der Waals surface area contributed by atoms with Crippen LogP contribution in [-0.4, -0.2) is 13.7 Å². The van der Waals surface area contributed by atoms with E-state index in [2.05, 4.69) is 24.4 Å². The highest BCUT2D eigenvalue weighted by Gasteiger charge is 2.20. The summed E-state index contributed by atoms with van der Waals surface area (Å²) in [7, 11) is 1.74. The molecule has 0 saturated carbocycles. The number of nitrogens with one attached hydrogen (secondary N) is 1. The Morgan fingerprint density at radius 3 is 2.73 bits per heavy atom. The van der Waals surface area contributed by atoms with Gasteiger partial charge in [0, 0.05) is 11.6 Å². The first-order valence-electron chi connectivity index (χ1n) is 5.67. The Bertz CT molecular complexity index is 316. The van der Waals surface area contributed by atoms with Gasteiger partial charge >= 0.3 is 0 Å². The van der Waals surface area contributed by atoms with Crippen LogP contribution in [0.2, 0.25) is 0 Å². The van der Waals surface area contributed by atoms with Crippen LogP contribution >= 0.6 is 0 Å². The summed E-state index contributed by atoms with van der Waals surface area (Å²) in [6.45, 7) is 3.41. The fraction of sp³-hybridized carbons (Fsp3) is 0.538. The van der Waals surface area contributed by atoms with E-state index in [1.54, 1.807) is 7.11 Å². The van der Waals surface area contributed by atoms with Crippen LogP contribution in [0.1, 0.15) is 31.4 Å². The molecule has 1 aromatic rings. The molecule has 1 aliphatic heterocycles. The average Bonchev–Trinajstić information content (AvgIpc) is 2.30. The molecule has 0 aromatic heterocycles. The van der Waals surface area contributed by atoms with Crippen molar-refractivity contribution in [2.45, 2.75) is 25.8 Å². The van der Waals surface area contributed by atoms with Gasteiger partial charge in [0.1, 0.15) is 5.75 Å². The molecule has 1 fully saturated rings. The molecule has 1 saturated heterocycles. The third-order valence-corrected chi connectivity index (χ3v) is 3.18. The van der Waals surface area contributed by atoms with Crippen molar-refractivity contribution in [1.29, 1.82) is 0 Å². The first-order chi connectivity index (χ1) is 7.31. The van der Waals surface area contributed by atoms with E-state index in [1.807, 2.05) is 12.1 Å². The molecule has 2 rings (SSSR count). The number of rotatable bonds is 2. The summed E-state index contributed by atoms with van der Waals surface area (Å²) in [5.74, 6) is 1.81. The van der Waals surface area contributed by atoms with Gasteiger partial charge in [-0.2, -0.15) is 0 Å². The lowest BCUT2D eigenvalue weighted by atomic mass is 9.92. The third kappa shape index (κ3) is 2.32. The highest BCUT2D eigenvalue weighted by Crippen LogP contribution is 2.31. The molecule has 1 aromatic carbocycles. The fourth-order valence-electron chi connectivity index (χ4n) is 2.22. The fourth-order valence-corrected chi connectivity index (χ4v) is 2.22. The van der Waals surface area contributed by atoms with Gasteiger partial charge in [0.05, 0.1) is 7.11 Å². The number of hydrogen-bond acceptors (Lipinski definition) is 2. The largest absolute Gasteiger partial charge is 0.496 e. The van der Waals surface area contributed by atoms with Crippen molar-refractivity contribution in [3.05, 3.63) is 29.8 Å². The van der Waals surface area contributed by atoms with Crippen molar-refractivity contribution in [3.63, 3.8) is 0 Å². The summed E-state index contributed by atoms with van der Waals surface area (Å²) in [6, 6.07) is 8.77. The minimum atomic E-state index is 0.470. The number of ether oxygens (including phenoxy) is 1. The lowest BCUT2D eigenvalue weighted by molar-refractivity contribution is 0.322. The maximum Gasteiger partial charge on any atom is 0.123 e. The van der Waals surface area contributed by atoms with E-state index in [-0.39, 0.29) is 0 Å². The van der Waals surface area contributed by atoms with Gasteiger partial charge in [-0.05, 0) is 31.4 Å². The molecule has 15 heavy (non-hydrogen) atoms. The predicted octanol–water partition coefficient (Wildman–Crippen LogP) is 2.76. The summed E-state index contributed by atoms with van der Waals surface area (Å²) in [6.07, 6.45) is 2.51. The number of para-hydroxylation sites is 1. The molecular formula is C13H19NO. The van der Waals surface area contributed by atoms with Crippen LogP contribution in [0.15, 0.2) is 24.3 Å². The number of methoxy groups -OCH3 is 1. The van der Waals surface area contributed by atoms with Crippen LogP contribution in [0, 0.1) is 5.92 Å². The predicted molar refractivity (Wildman–Crippen MR) is 62.1 cm³/mol. The molecule has 82 valence electrons. The third-order valence-electron chi connectivity index (χ3n) is 3.18. The highest BCUT2D eigenvalue weighted by molar-refractivity contribution is 5.36. The molecule has 2 atom stereocenters. The summed E-state index contributed by atoms with van der Waals surface area (Å²) in [5.41, 5.74) is 1.30. The Hall–Kier alpha value is -1.02. The Morgan fingerprint density at radius 2 is 2.07 bits per heavy atom. The van der Waals surface area contributed by atoms with Crippen molar-refractivity contribution in [1.82, 2.24) is 5.32 Å². The van der Waals surface area contributed by atoms with E-state index in [0.717, 1.165) is 18.2 Å². The molecule has 0 aliphatic carbocycles. The summed E-state index contributed by atoms with van der Waals surface area (Å²) in [5, 5.41) is 3.58. The normalized spacial score (nSPS) is 26.3. The van der Waals surface area contributed by atoms with Crippen molar-refractivity contribution in [2.75, 3.05) is 13.7 Å². The summed E-state index contributed by atoms with van der Waals surface area (Å²) < 4.78 is 5.39. The SMILES string of the molecule is COc1ccccc1[C@H]1CC[C@@H](C)CN1. The maximum atomic E-state index is 5.39. The first kappa shape index (κ1) is 10.5. The monoisotopic (exact) mass is 205 g/mol. The zero-order chi connectivity index (χ0) is 10.7. The van der Waals surface area contributed by atoms with Crippen LogP contribution in [0.25, 0.3) is 0 Å². The van der Waals surface area contributed by atoms with Crippen LogP contribution in [0.4, 0.5) is 0 Å². The second-order valence-corrected chi connectivity index (χ2v) is 4.39. The van der Waals surface area contributed by atoms with Gasteiger partial charge < -0.3 is 10.1 Å². The summed E-state index contributed by atoms with van der Waals surface area (Å²) in [4.78, 5) is 0. The molecular weight excluding hydrogens is 186 g/mol. The average molecular weight is 205 g/mol. The van der Waals surface area contributed by atoms with Crippen molar-refractivity contribution in [2.24, 2.45) is 5.92 Å². The Morgan fingerprint density at radius 1 is 1.27 bits per heavy atom. The van der Waals surface area contributed by atoms with Crippen LogP contribution < -0.4 is 10.1 Å². The van der Waals surface area contributed by atoms with E-state index in [0.29, 0.717) is 6.04 Å². The van der Waals surface area contributed by atoms with Crippen LogP contribution in [0.3, 0.4) is 0 Å². The number of hydrogen-bond donors (Lipinski definition) is 1. The Labute approximate surface area is 91.6 Å². The first-order valence-corrected chi connectivity index (χ1v) is 5.67. The molecule has 0 unspecified atom stereocenters. The molecule has 0 amide bonds. The zero-order valence-corrected chi connectivity index (χ0v) is 9.49. The van der Waals surface area contributed by atoms with Gasteiger partial charge in [-0.25, -0.2) is 0 Å². The number of benzene rings is 1. The molecule has 1 N–H and O–H groups in total. The molecule has 0 spiro atoms. The lowest BCUT2D eigenvalue weighted by Gasteiger charge is -2.29. The molecule has 0 radical (unpaired) electrons. The highest BCUT2D eigenvalue weighted by atomic mass is 16.5. The second-order valence-electron chi connectivity index (χ2n) is 4.39. The standard InChI is InChI=1S/C13H19NO/c1-10-7-8-12(14-9-10)11-5-3-4-6-13(11)15-2/h3-6,10,12,14H,7-9H2,1-2H3/t10-,12-/m1/s1. The molecule has 1 aliphatic rings. The van der Waals surface area contributed by atoms with Crippen molar-refractivity contribution >= 4 is 0 Å². The number of piperidine rings is 1. The van der Waals surface area contributed by atoms with E-state index in [4.69, 9.17) is 4.74 Å². The van der Waals surface area contributed by atoms with Gasteiger partial charge in [-0.3, -0.25) is 0 Å². The van der Waals surface area contributed by atoms with Crippen LogP contribution in [-0.2, 0) is 0 Å². The van der Waals surface area contributed by atoms with Gasteiger partial charge in [0.15, 0.2) is 0 Å². The van der Waals surface area contributed by atoms with Crippen molar-refractivity contribution in [3.8, 4) is 5.75 Å². The van der Waals surface area contributed by atoms with Crippen molar-refractivity contribution < 1.29 is 4.74 Å². The maximum absolute atomic E-state index is 5.39. The molecule has 2 heteroatoms. The van der Waals surface area contributed by atoms with Gasteiger partial charge in [-0.1, -0.05) is 25.1 Å². The quantitative estimate of drug-likeness (QED) is 0.801. The Balaban J connectivity index is 2.15. The van der Waals surface area contributed by atoms with Gasteiger partial charge in [0.2, 0.25) is 0 Å². The van der Waals surface area contributed by atoms with Gasteiger partial charge in [0.25, 0.3) is 0 Å². The summed E-state index contributed by atoms with van der Waals surface area (Å²) >= 11 is 0. The second kappa shape index (κ2) is 4.67. The lowest BCUT2D eigenvalue weighted by Crippen LogP contribution is -2.32. The van der Waals surface area contributed by atoms with E-state index in [1.165, 1.54) is 18.4 Å². The smallest absolute Gasteiger partial charge is 0.123 e. The van der Waals surface area contributed by atoms with E-state index >= 15 is 0 Å². The van der Waals surface area contributed by atoms with Crippen LogP contribution in [0.5, 0.6) is 5.75 Å². The molecule has 2 nitrogen and oxygen atoms in total. The Kier molecular flexibility index (Phi) is 3.27. The minimum Gasteiger partial charge on any atom is -0.496 e. The molecule has 0 bridgehead atoms. The zero-order valence-electron chi connectivity index (χ0n) is 9.49. The van der Waals surface area contributed by atoms with E-state index < -0.39 is 0 Å². The molecule has 1 heterocycles. The van der Waals surface area contributed by atoms with Gasteiger partial charge in [-0.15, -0.1) is 0 Å². The van der Waals surface area contributed by atoms with E-state index in [9.17, 15) is 0 Å².